The van der Waals surface area contributed by atoms with E-state index >= 15 is 0 Å². The van der Waals surface area contributed by atoms with Gasteiger partial charge in [-0.1, -0.05) is 78.1 Å². The fourth-order valence-electron chi connectivity index (χ4n) is 2.30. The Bertz CT molecular complexity index is 452. The Kier molecular flexibility index (Phi) is 22.9. The molecule has 0 aliphatic carbocycles. The molecule has 0 aromatic rings. The summed E-state index contributed by atoms with van der Waals surface area (Å²) in [6.45, 7) is 4.28. The topological polar surface area (TPSA) is 160 Å². The SMILES string of the molecule is CCCCCCCCOP(=O)(O)OP(=O)(O)OCCCCCCCC.[O]=[Zr]([OH])[OH]. The third-order valence-electron chi connectivity index (χ3n) is 3.71. The Morgan fingerprint density at radius 3 is 1.24 bits per heavy atom. The summed E-state index contributed by atoms with van der Waals surface area (Å²) in [4.78, 5) is 19.0. The van der Waals surface area contributed by atoms with Crippen molar-refractivity contribution < 1.29 is 64.1 Å². The van der Waals surface area contributed by atoms with E-state index in [9.17, 15) is 18.9 Å². The van der Waals surface area contributed by atoms with Crippen molar-refractivity contribution in [2.75, 3.05) is 13.2 Å². The molecule has 0 aliphatic heterocycles. The number of hydrogen-bond donors (Lipinski definition) is 4. The summed E-state index contributed by atoms with van der Waals surface area (Å²) in [5.41, 5.74) is 0. The molecule has 2 unspecified atom stereocenters. The van der Waals surface area contributed by atoms with Crippen molar-refractivity contribution in [1.82, 2.24) is 0 Å². The van der Waals surface area contributed by atoms with Crippen LogP contribution < -0.4 is 0 Å². The van der Waals surface area contributed by atoms with Crippen molar-refractivity contribution in [1.29, 1.82) is 0 Å². The Morgan fingerprint density at radius 1 is 0.655 bits per heavy atom. The monoisotopic (exact) mass is 542 g/mol. The van der Waals surface area contributed by atoms with Gasteiger partial charge in [0.25, 0.3) is 0 Å². The van der Waals surface area contributed by atoms with Gasteiger partial charge in [0.05, 0.1) is 13.2 Å². The first-order valence-electron chi connectivity index (χ1n) is 10.1. The van der Waals surface area contributed by atoms with Crippen LogP contribution in [0.1, 0.15) is 90.9 Å². The molecule has 29 heavy (non-hydrogen) atoms. The normalized spacial score (nSPS) is 15.1. The summed E-state index contributed by atoms with van der Waals surface area (Å²) in [7, 11) is -9.17. The predicted molar refractivity (Wildman–Crippen MR) is 105 cm³/mol. The van der Waals surface area contributed by atoms with Gasteiger partial charge in [0.2, 0.25) is 0 Å². The molecule has 0 aromatic heterocycles. The van der Waals surface area contributed by atoms with E-state index in [-0.39, 0.29) is 13.2 Å². The molecule has 0 aromatic carbocycles. The Morgan fingerprint density at radius 2 is 0.931 bits per heavy atom. The minimum absolute atomic E-state index is 0.0112. The molecule has 0 bridgehead atoms. The molecular weight excluding hydrogens is 505 g/mol. The quantitative estimate of drug-likeness (QED) is 0.141. The molecular formula is C16H38O10P2Zr. The van der Waals surface area contributed by atoms with E-state index in [0.29, 0.717) is 12.8 Å². The fourth-order valence-corrected chi connectivity index (χ4v) is 4.44. The van der Waals surface area contributed by atoms with Gasteiger partial charge in [-0.3, -0.25) is 9.05 Å². The standard InChI is InChI=1S/C16H36O7P2.2H2O.O.Zr/c1-3-5-7-9-11-13-15-21-24(17,18)23-25(19,20)22-16-14-12-10-8-6-4-2;;;;/h3-16H2,1-2H3,(H,17,18)(H,19,20);2*1H2;;/q;;;;+2/p-2. The summed E-state index contributed by atoms with van der Waals surface area (Å²) in [6, 6.07) is 0. The molecule has 10 nitrogen and oxygen atoms in total. The number of rotatable bonds is 18. The molecule has 4 N–H and O–H groups in total. The van der Waals surface area contributed by atoms with Crippen LogP contribution in [0.4, 0.5) is 0 Å². The van der Waals surface area contributed by atoms with E-state index < -0.39 is 38.3 Å². The second-order valence-corrected chi connectivity index (χ2v) is 10.9. The fraction of sp³-hybridized carbons (Fsp3) is 1.00. The van der Waals surface area contributed by atoms with Gasteiger partial charge < -0.3 is 9.79 Å². The first-order chi connectivity index (χ1) is 13.6. The third-order valence-corrected chi connectivity index (χ3v) is 6.38. The van der Waals surface area contributed by atoms with Crippen molar-refractivity contribution in [3.63, 3.8) is 0 Å². The average molecular weight is 544 g/mol. The van der Waals surface area contributed by atoms with Crippen molar-refractivity contribution in [3.05, 3.63) is 0 Å². The zero-order chi connectivity index (χ0) is 22.6. The Balaban J connectivity index is 0. The number of hydrogen-bond acceptors (Lipinski definition) is 6. The zero-order valence-corrected chi connectivity index (χ0v) is 21.8. The van der Waals surface area contributed by atoms with Gasteiger partial charge in [-0.25, -0.2) is 9.13 Å². The first kappa shape index (κ1) is 32.0. The maximum atomic E-state index is 11.7. The average Bonchev–Trinajstić information content (AvgIpc) is 2.58. The van der Waals surface area contributed by atoms with Gasteiger partial charge in [-0.05, 0) is 12.8 Å². The Hall–Kier alpha value is 0.863. The van der Waals surface area contributed by atoms with Gasteiger partial charge >= 0.3 is 47.5 Å². The van der Waals surface area contributed by atoms with E-state index in [1.807, 2.05) is 0 Å². The second-order valence-electron chi connectivity index (χ2n) is 6.50. The molecule has 0 rings (SSSR count). The van der Waals surface area contributed by atoms with Crippen molar-refractivity contribution >= 4 is 15.6 Å². The van der Waals surface area contributed by atoms with E-state index in [0.717, 1.165) is 51.4 Å². The van der Waals surface area contributed by atoms with Crippen LogP contribution in [0.2, 0.25) is 0 Å². The summed E-state index contributed by atoms with van der Waals surface area (Å²) in [5.74, 6) is 0. The minimum atomic E-state index is -4.58. The Labute approximate surface area is 183 Å². The van der Waals surface area contributed by atoms with Crippen LogP contribution in [0.25, 0.3) is 0 Å². The second kappa shape index (κ2) is 20.7. The van der Waals surface area contributed by atoms with E-state index in [1.165, 1.54) is 12.8 Å². The molecule has 0 radical (unpaired) electrons. The molecule has 0 aliphatic rings. The van der Waals surface area contributed by atoms with Crippen LogP contribution >= 0.6 is 15.6 Å². The van der Waals surface area contributed by atoms with Gasteiger partial charge in [-0.15, -0.1) is 0 Å². The van der Waals surface area contributed by atoms with Crippen molar-refractivity contribution in [2.45, 2.75) is 90.9 Å². The van der Waals surface area contributed by atoms with E-state index in [1.54, 1.807) is 0 Å². The maximum absolute atomic E-state index is 11.7. The molecule has 0 fully saturated rings. The van der Waals surface area contributed by atoms with Crippen LogP contribution in [0.5, 0.6) is 0 Å². The summed E-state index contributed by atoms with van der Waals surface area (Å²) in [5, 5.41) is 0. The van der Waals surface area contributed by atoms with Crippen LogP contribution in [0.15, 0.2) is 0 Å². The van der Waals surface area contributed by atoms with Gasteiger partial charge in [0.1, 0.15) is 0 Å². The number of phosphoric acid groups is 2. The number of unbranched alkanes of at least 4 members (excludes halogenated alkanes) is 10. The van der Waals surface area contributed by atoms with Crippen LogP contribution in [-0.4, -0.2) is 29.4 Å². The van der Waals surface area contributed by atoms with E-state index in [2.05, 4.69) is 18.2 Å². The van der Waals surface area contributed by atoms with Gasteiger partial charge in [0.15, 0.2) is 0 Å². The molecule has 176 valence electrons. The van der Waals surface area contributed by atoms with Gasteiger partial charge in [0, 0.05) is 0 Å². The number of phosphoric ester groups is 2. The molecule has 0 saturated carbocycles. The molecule has 0 spiro atoms. The predicted octanol–water partition coefficient (Wildman–Crippen LogP) is 4.72. The van der Waals surface area contributed by atoms with Crippen molar-refractivity contribution in [2.24, 2.45) is 0 Å². The molecule has 2 atom stereocenters. The van der Waals surface area contributed by atoms with E-state index in [4.69, 9.17) is 18.2 Å². The van der Waals surface area contributed by atoms with Crippen LogP contribution in [0, 0.1) is 0 Å². The molecule has 0 saturated heterocycles. The zero-order valence-electron chi connectivity index (χ0n) is 17.5. The molecule has 0 amide bonds. The summed E-state index contributed by atoms with van der Waals surface area (Å²) in [6.07, 6.45) is 11.9. The first-order valence-corrected chi connectivity index (χ1v) is 16.3. The van der Waals surface area contributed by atoms with Crippen LogP contribution in [-0.2, 0) is 47.9 Å². The molecule has 0 heterocycles. The van der Waals surface area contributed by atoms with Gasteiger partial charge in [-0.2, -0.15) is 4.31 Å². The molecule has 13 heteroatoms. The summed E-state index contributed by atoms with van der Waals surface area (Å²) >= 11 is -3.79. The van der Waals surface area contributed by atoms with Crippen LogP contribution in [0.3, 0.4) is 0 Å². The summed E-state index contributed by atoms with van der Waals surface area (Å²) < 4.78 is 60.4. The third kappa shape index (κ3) is 28.9. The van der Waals surface area contributed by atoms with Crippen molar-refractivity contribution in [3.8, 4) is 0 Å².